The maximum atomic E-state index is 10.8. The van der Waals surface area contributed by atoms with Crippen LogP contribution < -0.4 is 17.0 Å². The highest BCUT2D eigenvalue weighted by atomic mass is 79.9. The van der Waals surface area contributed by atoms with Crippen molar-refractivity contribution in [3.8, 4) is 0 Å². The highest BCUT2D eigenvalue weighted by Crippen LogP contribution is 2.16. The fourth-order valence-corrected chi connectivity index (χ4v) is 1.07. The van der Waals surface area contributed by atoms with Gasteiger partial charge in [0.1, 0.15) is 0 Å². The molecule has 5 nitrogen and oxygen atoms in total. The first-order valence-corrected chi connectivity index (χ1v) is 3.86. The highest BCUT2D eigenvalue weighted by Gasteiger charge is 2.08. The summed E-state index contributed by atoms with van der Waals surface area (Å²) in [7, 11) is 0. The van der Waals surface area contributed by atoms with Crippen molar-refractivity contribution in [1.29, 1.82) is 0 Å². The number of rotatable bonds is 2. The number of nitrogens with one attached hydrogen (secondary N) is 1. The minimum atomic E-state index is -0.572. The second-order valence-electron chi connectivity index (χ2n) is 2.06. The third kappa shape index (κ3) is 1.72. The second-order valence-corrected chi connectivity index (χ2v) is 2.97. The molecule has 0 saturated carbocycles. The van der Waals surface area contributed by atoms with E-state index >= 15 is 0 Å². The Labute approximate surface area is 77.2 Å². The van der Waals surface area contributed by atoms with Gasteiger partial charge in [0.15, 0.2) is 5.82 Å². The van der Waals surface area contributed by atoms with Crippen LogP contribution in [-0.2, 0) is 0 Å². The molecule has 1 heterocycles. The first-order chi connectivity index (χ1) is 5.65. The van der Waals surface area contributed by atoms with Crippen LogP contribution >= 0.6 is 15.9 Å². The Bertz CT molecular complexity index is 314. The Morgan fingerprint density at radius 3 is 2.83 bits per heavy atom. The molecule has 0 bridgehead atoms. The zero-order chi connectivity index (χ0) is 9.14. The molecule has 0 spiro atoms. The van der Waals surface area contributed by atoms with Gasteiger partial charge in [-0.25, -0.2) is 10.8 Å². The van der Waals surface area contributed by atoms with Gasteiger partial charge in [-0.15, -0.1) is 0 Å². The summed E-state index contributed by atoms with van der Waals surface area (Å²) in [6.45, 7) is 0. The lowest BCUT2D eigenvalue weighted by molar-refractivity contribution is 0.100. The molecule has 0 unspecified atom stereocenters. The molecule has 1 aromatic heterocycles. The average molecular weight is 231 g/mol. The van der Waals surface area contributed by atoms with Gasteiger partial charge >= 0.3 is 0 Å². The average Bonchev–Trinajstić information content (AvgIpc) is 2.04. The summed E-state index contributed by atoms with van der Waals surface area (Å²) in [5.74, 6) is 4.80. The molecule has 5 N–H and O–H groups in total. The summed E-state index contributed by atoms with van der Waals surface area (Å²) < 4.78 is 0.676. The first kappa shape index (κ1) is 8.95. The number of hydrazine groups is 1. The number of nitrogens with zero attached hydrogens (tertiary/aromatic N) is 1. The molecule has 0 fully saturated rings. The van der Waals surface area contributed by atoms with Crippen LogP contribution in [0.5, 0.6) is 0 Å². The first-order valence-electron chi connectivity index (χ1n) is 3.07. The smallest absolute Gasteiger partial charge is 0.252 e. The maximum Gasteiger partial charge on any atom is 0.252 e. The standard InChI is InChI=1S/C6H7BrN4O/c7-3-1-4(5(8)12)6(11-9)10-2-3/h1-2H,9H2,(H2,8,12)(H,10,11). The number of primary amides is 1. The maximum absolute atomic E-state index is 10.8. The van der Waals surface area contributed by atoms with Gasteiger partial charge in [-0.3, -0.25) is 4.79 Å². The van der Waals surface area contributed by atoms with Crippen molar-refractivity contribution in [2.45, 2.75) is 0 Å². The molecule has 0 aliphatic heterocycles. The normalized spacial score (nSPS) is 9.50. The van der Waals surface area contributed by atoms with E-state index in [0.717, 1.165) is 0 Å². The summed E-state index contributed by atoms with van der Waals surface area (Å²) in [6, 6.07) is 1.55. The number of carbonyl (C=O) groups excluding carboxylic acids is 1. The van der Waals surface area contributed by atoms with Crippen LogP contribution in [0.1, 0.15) is 10.4 Å². The predicted molar refractivity (Wildman–Crippen MR) is 48.3 cm³/mol. The molecule has 0 atom stereocenters. The van der Waals surface area contributed by atoms with Crippen molar-refractivity contribution < 1.29 is 4.79 Å². The highest BCUT2D eigenvalue weighted by molar-refractivity contribution is 9.10. The van der Waals surface area contributed by atoms with Crippen LogP contribution in [0.15, 0.2) is 16.7 Å². The fraction of sp³-hybridized carbons (Fsp3) is 0. The second kappa shape index (κ2) is 3.51. The van der Waals surface area contributed by atoms with E-state index in [1.165, 1.54) is 6.20 Å². The third-order valence-corrected chi connectivity index (χ3v) is 1.69. The van der Waals surface area contributed by atoms with E-state index in [2.05, 4.69) is 26.3 Å². The van der Waals surface area contributed by atoms with Crippen molar-refractivity contribution in [1.82, 2.24) is 4.98 Å². The Kier molecular flexibility index (Phi) is 2.61. The lowest BCUT2D eigenvalue weighted by atomic mass is 10.2. The van der Waals surface area contributed by atoms with E-state index in [0.29, 0.717) is 4.47 Å². The Hall–Kier alpha value is -1.14. The number of carbonyl (C=O) groups is 1. The Morgan fingerprint density at radius 2 is 2.33 bits per heavy atom. The van der Waals surface area contributed by atoms with Gasteiger partial charge in [0.05, 0.1) is 5.56 Å². The van der Waals surface area contributed by atoms with Crippen molar-refractivity contribution in [3.05, 3.63) is 22.3 Å². The summed E-state index contributed by atoms with van der Waals surface area (Å²) in [5, 5.41) is 0. The molecule has 1 amide bonds. The molecule has 0 radical (unpaired) electrons. The number of nitrogens with two attached hydrogens (primary N) is 2. The predicted octanol–water partition coefficient (Wildman–Crippen LogP) is 0.229. The number of hydrogen-bond donors (Lipinski definition) is 3. The Morgan fingerprint density at radius 1 is 1.67 bits per heavy atom. The quantitative estimate of drug-likeness (QED) is 0.501. The number of nitrogen functional groups attached to an aromatic ring is 1. The van der Waals surface area contributed by atoms with E-state index in [1.54, 1.807) is 6.07 Å². The molecule has 1 aromatic rings. The topological polar surface area (TPSA) is 94.0 Å². The molecular weight excluding hydrogens is 224 g/mol. The van der Waals surface area contributed by atoms with Gasteiger partial charge < -0.3 is 11.2 Å². The number of pyridine rings is 1. The lowest BCUT2D eigenvalue weighted by Gasteiger charge is -2.03. The van der Waals surface area contributed by atoms with Crippen molar-refractivity contribution >= 4 is 27.7 Å². The summed E-state index contributed by atoms with van der Waals surface area (Å²) in [5.41, 5.74) is 7.59. The van der Waals surface area contributed by atoms with Gasteiger partial charge in [-0.1, -0.05) is 0 Å². The van der Waals surface area contributed by atoms with E-state index in [9.17, 15) is 4.79 Å². The molecule has 1 rings (SSSR count). The van der Waals surface area contributed by atoms with Gasteiger partial charge in [0.2, 0.25) is 0 Å². The van der Waals surface area contributed by atoms with Gasteiger partial charge in [0, 0.05) is 10.7 Å². The van der Waals surface area contributed by atoms with Gasteiger partial charge in [-0.2, -0.15) is 0 Å². The number of hydrogen-bond acceptors (Lipinski definition) is 4. The van der Waals surface area contributed by atoms with Crippen molar-refractivity contribution in [3.63, 3.8) is 0 Å². The Balaban J connectivity index is 3.21. The number of anilines is 1. The van der Waals surface area contributed by atoms with E-state index in [1.807, 2.05) is 0 Å². The van der Waals surface area contributed by atoms with E-state index in [-0.39, 0.29) is 11.4 Å². The molecule has 0 aliphatic carbocycles. The SMILES string of the molecule is NNc1ncc(Br)cc1C(N)=O. The van der Waals surface area contributed by atoms with E-state index < -0.39 is 5.91 Å². The monoisotopic (exact) mass is 230 g/mol. The zero-order valence-corrected chi connectivity index (χ0v) is 7.63. The minimum absolute atomic E-state index is 0.256. The third-order valence-electron chi connectivity index (χ3n) is 1.26. The summed E-state index contributed by atoms with van der Waals surface area (Å²) >= 11 is 3.15. The molecule has 12 heavy (non-hydrogen) atoms. The van der Waals surface area contributed by atoms with Gasteiger partial charge in [-0.05, 0) is 22.0 Å². The number of aromatic nitrogens is 1. The van der Waals surface area contributed by atoms with Crippen LogP contribution in [0.3, 0.4) is 0 Å². The largest absolute Gasteiger partial charge is 0.365 e. The number of halogens is 1. The molecule has 0 aliphatic rings. The number of amides is 1. The van der Waals surface area contributed by atoms with Crippen LogP contribution in [0.4, 0.5) is 5.82 Å². The van der Waals surface area contributed by atoms with Crippen molar-refractivity contribution in [2.24, 2.45) is 11.6 Å². The van der Waals surface area contributed by atoms with Gasteiger partial charge in [0.25, 0.3) is 5.91 Å². The molecular formula is C6H7BrN4O. The summed E-state index contributed by atoms with van der Waals surface area (Å²) in [4.78, 5) is 14.6. The molecule has 6 heteroatoms. The van der Waals surface area contributed by atoms with Crippen LogP contribution in [-0.4, -0.2) is 10.9 Å². The molecule has 0 aromatic carbocycles. The van der Waals surface area contributed by atoms with Crippen LogP contribution in [0.25, 0.3) is 0 Å². The molecule has 0 saturated heterocycles. The lowest BCUT2D eigenvalue weighted by Crippen LogP contribution is -2.18. The van der Waals surface area contributed by atoms with Crippen LogP contribution in [0.2, 0.25) is 0 Å². The minimum Gasteiger partial charge on any atom is -0.365 e. The zero-order valence-electron chi connectivity index (χ0n) is 6.04. The van der Waals surface area contributed by atoms with Crippen LogP contribution in [0, 0.1) is 0 Å². The van der Waals surface area contributed by atoms with Crippen molar-refractivity contribution in [2.75, 3.05) is 5.43 Å². The summed E-state index contributed by atoms with van der Waals surface area (Å²) in [6.07, 6.45) is 1.52. The fourth-order valence-electron chi connectivity index (χ4n) is 0.742. The van der Waals surface area contributed by atoms with E-state index in [4.69, 9.17) is 11.6 Å². The molecule has 64 valence electrons.